The van der Waals surface area contributed by atoms with Crippen LogP contribution in [0.1, 0.15) is 34.1 Å². The molecule has 0 bridgehead atoms. The van der Waals surface area contributed by atoms with Gasteiger partial charge in [-0.25, -0.2) is 4.98 Å². The van der Waals surface area contributed by atoms with Crippen LogP contribution in [0.2, 0.25) is 5.15 Å². The van der Waals surface area contributed by atoms with Crippen molar-refractivity contribution in [2.75, 3.05) is 29.9 Å². The highest BCUT2D eigenvalue weighted by molar-refractivity contribution is 7.80. The van der Waals surface area contributed by atoms with E-state index in [2.05, 4.69) is 53.2 Å². The summed E-state index contributed by atoms with van der Waals surface area (Å²) in [7, 11) is 0. The molecule has 0 amide bonds. The van der Waals surface area contributed by atoms with Crippen molar-refractivity contribution in [3.63, 3.8) is 0 Å². The molecule has 1 fully saturated rings. The Balaban J connectivity index is 2.08. The second-order valence-corrected chi connectivity index (χ2v) is 7.75. The van der Waals surface area contributed by atoms with E-state index in [1.54, 1.807) is 0 Å². The minimum absolute atomic E-state index is 0.426. The third kappa shape index (κ3) is 5.77. The van der Waals surface area contributed by atoms with Crippen molar-refractivity contribution in [1.29, 1.82) is 0 Å². The van der Waals surface area contributed by atoms with Crippen LogP contribution in [0.4, 0.5) is 11.8 Å². The van der Waals surface area contributed by atoms with Gasteiger partial charge in [-0.3, -0.25) is 0 Å². The van der Waals surface area contributed by atoms with Gasteiger partial charge in [-0.15, -0.1) is 0 Å². The second kappa shape index (κ2) is 8.11. The van der Waals surface area contributed by atoms with Crippen molar-refractivity contribution in [3.05, 3.63) is 11.2 Å². The molecular formula is C16H26ClN5S. The van der Waals surface area contributed by atoms with Crippen LogP contribution >= 0.6 is 23.8 Å². The Kier molecular flexibility index (Phi) is 6.41. The predicted octanol–water partition coefficient (Wildman–Crippen LogP) is 3.55. The Morgan fingerprint density at radius 1 is 1.35 bits per heavy atom. The molecule has 2 N–H and O–H groups in total. The first-order valence-electron chi connectivity index (χ1n) is 8.18. The third-order valence-electron chi connectivity index (χ3n) is 3.77. The van der Waals surface area contributed by atoms with E-state index in [0.29, 0.717) is 34.0 Å². The Morgan fingerprint density at radius 2 is 2.00 bits per heavy atom. The summed E-state index contributed by atoms with van der Waals surface area (Å²) in [5.74, 6) is 3.12. The fourth-order valence-electron chi connectivity index (χ4n) is 2.92. The number of aromatic nitrogens is 2. The molecule has 2 rings (SSSR count). The largest absolute Gasteiger partial charge is 0.362 e. The van der Waals surface area contributed by atoms with E-state index < -0.39 is 0 Å². The number of piperidine rings is 1. The first kappa shape index (κ1) is 18.2. The molecule has 1 aliphatic heterocycles. The van der Waals surface area contributed by atoms with Crippen LogP contribution in [0.3, 0.4) is 0 Å². The van der Waals surface area contributed by atoms with Gasteiger partial charge in [0.15, 0.2) is 5.11 Å². The van der Waals surface area contributed by atoms with Gasteiger partial charge in [0.1, 0.15) is 11.0 Å². The lowest BCUT2D eigenvalue weighted by Gasteiger charge is -2.35. The van der Waals surface area contributed by atoms with Crippen LogP contribution in [0.25, 0.3) is 0 Å². The standard InChI is InChI=1S/C16H26ClN5S/c1-10(2)7-18-16(23)21-15-19-13(17)6-14(20-15)22-8-11(3)5-12(4)9-22/h6,10-12H,5,7-9H2,1-4H3,(H2,18,19,20,21,23)/t11-,12+. The zero-order chi connectivity index (χ0) is 17.0. The lowest BCUT2D eigenvalue weighted by atomic mass is 9.92. The first-order chi connectivity index (χ1) is 10.8. The summed E-state index contributed by atoms with van der Waals surface area (Å²) in [6, 6.07) is 1.82. The van der Waals surface area contributed by atoms with Crippen molar-refractivity contribution in [2.45, 2.75) is 34.1 Å². The summed E-state index contributed by atoms with van der Waals surface area (Å²) in [6.07, 6.45) is 1.25. The van der Waals surface area contributed by atoms with Gasteiger partial charge in [-0.2, -0.15) is 4.98 Å². The summed E-state index contributed by atoms with van der Waals surface area (Å²) in [6.45, 7) is 11.6. The molecule has 0 spiro atoms. The molecule has 0 saturated carbocycles. The molecule has 2 atom stereocenters. The number of anilines is 2. The van der Waals surface area contributed by atoms with E-state index in [-0.39, 0.29) is 0 Å². The Bertz CT molecular complexity index is 541. The number of halogens is 1. The maximum atomic E-state index is 6.17. The van der Waals surface area contributed by atoms with Gasteiger partial charge < -0.3 is 15.5 Å². The average molecular weight is 356 g/mol. The summed E-state index contributed by atoms with van der Waals surface area (Å²) in [5, 5.41) is 7.12. The Labute approximate surface area is 149 Å². The third-order valence-corrected chi connectivity index (χ3v) is 4.21. The zero-order valence-corrected chi connectivity index (χ0v) is 15.8. The topological polar surface area (TPSA) is 53.1 Å². The van der Waals surface area contributed by atoms with Gasteiger partial charge in [0.25, 0.3) is 0 Å². The summed E-state index contributed by atoms with van der Waals surface area (Å²) in [4.78, 5) is 11.1. The fraction of sp³-hybridized carbons (Fsp3) is 0.688. The van der Waals surface area contributed by atoms with E-state index >= 15 is 0 Å². The SMILES string of the molecule is CC(C)CNC(=S)Nc1nc(Cl)cc(N2C[C@H](C)C[C@H](C)C2)n1. The van der Waals surface area contributed by atoms with Crippen molar-refractivity contribution in [2.24, 2.45) is 17.8 Å². The number of nitrogens with zero attached hydrogens (tertiary/aromatic N) is 3. The first-order valence-corrected chi connectivity index (χ1v) is 8.96. The molecular weight excluding hydrogens is 330 g/mol. The molecule has 128 valence electrons. The minimum Gasteiger partial charge on any atom is -0.362 e. The normalized spacial score (nSPS) is 21.4. The molecule has 7 heteroatoms. The zero-order valence-electron chi connectivity index (χ0n) is 14.3. The van der Waals surface area contributed by atoms with Crippen molar-refractivity contribution in [3.8, 4) is 0 Å². The molecule has 2 heterocycles. The lowest BCUT2D eigenvalue weighted by molar-refractivity contribution is 0.355. The number of hydrogen-bond acceptors (Lipinski definition) is 4. The molecule has 5 nitrogen and oxygen atoms in total. The van der Waals surface area contributed by atoms with Crippen LogP contribution < -0.4 is 15.5 Å². The molecule has 23 heavy (non-hydrogen) atoms. The van der Waals surface area contributed by atoms with Crippen LogP contribution in [0.15, 0.2) is 6.07 Å². The Morgan fingerprint density at radius 3 is 2.61 bits per heavy atom. The van der Waals surface area contributed by atoms with Gasteiger partial charge in [-0.1, -0.05) is 39.3 Å². The van der Waals surface area contributed by atoms with Crippen molar-refractivity contribution >= 4 is 40.7 Å². The van der Waals surface area contributed by atoms with Crippen molar-refractivity contribution in [1.82, 2.24) is 15.3 Å². The van der Waals surface area contributed by atoms with Crippen LogP contribution in [-0.4, -0.2) is 34.7 Å². The summed E-state index contributed by atoms with van der Waals surface area (Å²) >= 11 is 11.4. The number of rotatable bonds is 4. The van der Waals surface area contributed by atoms with E-state index in [0.717, 1.165) is 25.5 Å². The highest BCUT2D eigenvalue weighted by atomic mass is 35.5. The summed E-state index contributed by atoms with van der Waals surface area (Å²) in [5.41, 5.74) is 0. The second-order valence-electron chi connectivity index (χ2n) is 6.95. The van der Waals surface area contributed by atoms with E-state index in [4.69, 9.17) is 23.8 Å². The van der Waals surface area contributed by atoms with Crippen molar-refractivity contribution < 1.29 is 0 Å². The van der Waals surface area contributed by atoms with Crippen LogP contribution in [-0.2, 0) is 0 Å². The van der Waals surface area contributed by atoms with E-state index in [1.807, 2.05) is 6.07 Å². The molecule has 1 aliphatic rings. The number of hydrogen-bond donors (Lipinski definition) is 2. The molecule has 1 saturated heterocycles. The van der Waals surface area contributed by atoms with Crippen LogP contribution in [0, 0.1) is 17.8 Å². The maximum Gasteiger partial charge on any atom is 0.232 e. The Hall–Kier alpha value is -1.14. The number of thiocarbonyl (C=S) groups is 1. The quantitative estimate of drug-likeness (QED) is 0.636. The molecule has 0 radical (unpaired) electrons. The van der Waals surface area contributed by atoms with Gasteiger partial charge >= 0.3 is 0 Å². The summed E-state index contributed by atoms with van der Waals surface area (Å²) < 4.78 is 0. The monoisotopic (exact) mass is 355 g/mol. The highest BCUT2D eigenvalue weighted by Crippen LogP contribution is 2.26. The van der Waals surface area contributed by atoms with Gasteiger partial charge in [0.05, 0.1) is 0 Å². The predicted molar refractivity (Wildman–Crippen MR) is 101 cm³/mol. The van der Waals surface area contributed by atoms with Crippen LogP contribution in [0.5, 0.6) is 0 Å². The molecule has 1 aromatic heterocycles. The van der Waals surface area contributed by atoms with Gasteiger partial charge in [-0.05, 0) is 36.4 Å². The lowest BCUT2D eigenvalue weighted by Crippen LogP contribution is -2.39. The van der Waals surface area contributed by atoms with Gasteiger partial charge in [0, 0.05) is 25.7 Å². The molecule has 0 aliphatic carbocycles. The molecule has 0 aromatic carbocycles. The highest BCUT2D eigenvalue weighted by Gasteiger charge is 2.23. The molecule has 1 aromatic rings. The number of nitrogens with one attached hydrogen (secondary N) is 2. The maximum absolute atomic E-state index is 6.17. The van der Waals surface area contributed by atoms with Gasteiger partial charge in [0.2, 0.25) is 5.95 Å². The minimum atomic E-state index is 0.426. The van der Waals surface area contributed by atoms with E-state index in [9.17, 15) is 0 Å². The smallest absolute Gasteiger partial charge is 0.232 e. The fourth-order valence-corrected chi connectivity index (χ4v) is 3.27. The molecule has 0 unspecified atom stereocenters. The van der Waals surface area contributed by atoms with E-state index in [1.165, 1.54) is 6.42 Å². The average Bonchev–Trinajstić information content (AvgIpc) is 2.43.